The number of rotatable bonds is 8. The van der Waals surface area contributed by atoms with Crippen molar-refractivity contribution in [3.63, 3.8) is 0 Å². The molecule has 0 saturated carbocycles. The number of nitrogens with zero attached hydrogens (tertiary/aromatic N) is 2. The van der Waals surface area contributed by atoms with Gasteiger partial charge in [-0.05, 0) is 68.5 Å². The van der Waals surface area contributed by atoms with E-state index < -0.39 is 17.7 Å². The molecule has 36 heavy (non-hydrogen) atoms. The maximum Gasteiger partial charge on any atom is 0.295 e. The summed E-state index contributed by atoms with van der Waals surface area (Å²) in [6.07, 6.45) is 0. The zero-order valence-corrected chi connectivity index (χ0v) is 21.3. The maximum absolute atomic E-state index is 13.1. The van der Waals surface area contributed by atoms with Crippen LogP contribution in [-0.4, -0.2) is 53.8 Å². The van der Waals surface area contributed by atoms with Crippen LogP contribution in [-0.2, 0) is 16.2 Å². The second-order valence-corrected chi connectivity index (χ2v) is 9.59. The average molecular weight is 505 g/mol. The lowest BCUT2D eigenvalue weighted by molar-refractivity contribution is -0.140. The number of carbonyl (C=O) groups is 2. The van der Waals surface area contributed by atoms with Crippen LogP contribution in [0.4, 0.5) is 0 Å². The van der Waals surface area contributed by atoms with E-state index >= 15 is 0 Å². The van der Waals surface area contributed by atoms with E-state index in [2.05, 4.69) is 6.07 Å². The monoisotopic (exact) mass is 504 g/mol. The fourth-order valence-electron chi connectivity index (χ4n) is 4.27. The molecule has 3 aromatic carbocycles. The number of likely N-dealkylation sites (N-methyl/N-ethyl adjacent to an activating group) is 1. The van der Waals surface area contributed by atoms with Gasteiger partial charge in [-0.1, -0.05) is 53.6 Å². The van der Waals surface area contributed by atoms with Crippen molar-refractivity contribution in [3.8, 4) is 5.75 Å². The summed E-state index contributed by atoms with van der Waals surface area (Å²) in [5, 5.41) is 11.7. The summed E-state index contributed by atoms with van der Waals surface area (Å²) in [5.41, 5.74) is 3.36. The first-order valence-electron chi connectivity index (χ1n) is 11.7. The summed E-state index contributed by atoms with van der Waals surface area (Å²) in [5.74, 6) is -0.945. The molecule has 7 heteroatoms. The van der Waals surface area contributed by atoms with Gasteiger partial charge < -0.3 is 19.6 Å². The molecule has 6 nitrogen and oxygen atoms in total. The Balaban J connectivity index is 1.64. The average Bonchev–Trinajstić information content (AvgIpc) is 3.11. The van der Waals surface area contributed by atoms with Gasteiger partial charge in [0.15, 0.2) is 0 Å². The van der Waals surface area contributed by atoms with E-state index in [9.17, 15) is 14.7 Å². The number of ketones is 1. The largest absolute Gasteiger partial charge is 0.507 e. The van der Waals surface area contributed by atoms with Gasteiger partial charge in [0.2, 0.25) is 0 Å². The molecule has 4 rings (SSSR count). The first-order valence-corrected chi connectivity index (χ1v) is 12.1. The first kappa shape index (κ1) is 25.5. The van der Waals surface area contributed by atoms with E-state index in [-0.39, 0.29) is 11.3 Å². The Kier molecular flexibility index (Phi) is 7.77. The molecule has 0 bridgehead atoms. The Morgan fingerprint density at radius 3 is 2.42 bits per heavy atom. The molecule has 3 aromatic rings. The maximum atomic E-state index is 13.1. The Morgan fingerprint density at radius 1 is 1.03 bits per heavy atom. The molecule has 0 aliphatic carbocycles. The number of halogens is 1. The van der Waals surface area contributed by atoms with E-state index in [0.717, 1.165) is 11.1 Å². The zero-order valence-electron chi connectivity index (χ0n) is 20.6. The van der Waals surface area contributed by atoms with Gasteiger partial charge in [0.1, 0.15) is 18.1 Å². The van der Waals surface area contributed by atoms with Crippen molar-refractivity contribution in [1.29, 1.82) is 0 Å². The number of aryl methyl sites for hydroxylation is 1. The number of Topliss-reactive ketones (excluding diaryl/α,β-unsaturated/α-hetero) is 1. The Bertz CT molecular complexity index is 1300. The molecule has 0 aromatic heterocycles. The number of benzene rings is 3. The van der Waals surface area contributed by atoms with Gasteiger partial charge in [0.05, 0.1) is 11.6 Å². The van der Waals surface area contributed by atoms with Crippen molar-refractivity contribution in [2.45, 2.75) is 19.6 Å². The van der Waals surface area contributed by atoms with Crippen molar-refractivity contribution >= 4 is 29.1 Å². The van der Waals surface area contributed by atoms with E-state index in [1.54, 1.807) is 48.5 Å². The van der Waals surface area contributed by atoms with Crippen molar-refractivity contribution < 1.29 is 19.4 Å². The number of aliphatic hydroxyl groups excluding tert-OH is 1. The second-order valence-electron chi connectivity index (χ2n) is 9.15. The predicted octanol–water partition coefficient (Wildman–Crippen LogP) is 5.21. The van der Waals surface area contributed by atoms with Gasteiger partial charge in [-0.25, -0.2) is 0 Å². The minimum absolute atomic E-state index is 0.0504. The van der Waals surface area contributed by atoms with E-state index in [1.807, 2.05) is 44.1 Å². The minimum atomic E-state index is -0.735. The predicted molar refractivity (Wildman–Crippen MR) is 141 cm³/mol. The van der Waals surface area contributed by atoms with E-state index in [1.165, 1.54) is 4.90 Å². The second kappa shape index (κ2) is 11.0. The fourth-order valence-corrected chi connectivity index (χ4v) is 4.47. The van der Waals surface area contributed by atoms with Gasteiger partial charge in [-0.3, -0.25) is 9.59 Å². The molecule has 1 atom stereocenters. The molecule has 1 N–H and O–H groups in total. The van der Waals surface area contributed by atoms with Crippen molar-refractivity contribution in [1.82, 2.24) is 9.80 Å². The van der Waals surface area contributed by atoms with Gasteiger partial charge in [0.25, 0.3) is 11.7 Å². The molecule has 0 radical (unpaired) electrons. The third kappa shape index (κ3) is 5.61. The highest BCUT2D eigenvalue weighted by Crippen LogP contribution is 2.40. The number of amides is 1. The number of likely N-dealkylation sites (tertiary alicyclic amines) is 1. The topological polar surface area (TPSA) is 70.1 Å². The molecule has 1 saturated heterocycles. The quantitative estimate of drug-likeness (QED) is 0.259. The van der Waals surface area contributed by atoms with Crippen LogP contribution in [0.3, 0.4) is 0 Å². The van der Waals surface area contributed by atoms with Crippen LogP contribution < -0.4 is 4.74 Å². The van der Waals surface area contributed by atoms with Crippen LogP contribution in [0.1, 0.15) is 28.3 Å². The van der Waals surface area contributed by atoms with Crippen LogP contribution in [0.5, 0.6) is 5.75 Å². The molecule has 186 valence electrons. The third-order valence-corrected chi connectivity index (χ3v) is 6.34. The number of ether oxygens (including phenoxy) is 1. The fraction of sp³-hybridized carbons (Fsp3) is 0.241. The van der Waals surface area contributed by atoms with E-state index in [4.69, 9.17) is 16.3 Å². The highest BCUT2D eigenvalue weighted by atomic mass is 35.5. The highest BCUT2D eigenvalue weighted by molar-refractivity contribution is 6.46. The smallest absolute Gasteiger partial charge is 0.295 e. The molecule has 1 fully saturated rings. The van der Waals surface area contributed by atoms with Crippen molar-refractivity contribution in [2.24, 2.45) is 0 Å². The lowest BCUT2D eigenvalue weighted by atomic mass is 9.95. The standard InChI is InChI=1S/C29H29ClN2O4/c1-19-6-4-7-20(16-19)18-36-24-12-10-21(11-13-24)27(33)25-26(22-8-5-9-23(30)17-22)32(15-14-31(2)3)29(35)28(25)34/h4-13,16-17,26,33H,14-15,18H2,1-3H3. The lowest BCUT2D eigenvalue weighted by Gasteiger charge is -2.26. The Hall–Kier alpha value is -3.61. The van der Waals surface area contributed by atoms with Gasteiger partial charge >= 0.3 is 0 Å². The number of hydrogen-bond donors (Lipinski definition) is 1. The minimum Gasteiger partial charge on any atom is -0.507 e. The summed E-state index contributed by atoms with van der Waals surface area (Å²) in [7, 11) is 3.79. The normalized spacial score (nSPS) is 17.1. The van der Waals surface area contributed by atoms with Crippen molar-refractivity contribution in [2.75, 3.05) is 27.2 Å². The number of aliphatic hydroxyl groups is 1. The SMILES string of the molecule is Cc1cccc(COc2ccc(C(O)=C3C(=O)C(=O)N(CCN(C)C)C3c3cccc(Cl)c3)cc2)c1. The summed E-state index contributed by atoms with van der Waals surface area (Å²) >= 11 is 6.23. The molecule has 1 aliphatic heterocycles. The lowest BCUT2D eigenvalue weighted by Crippen LogP contribution is -2.35. The summed E-state index contributed by atoms with van der Waals surface area (Å²) in [6.45, 7) is 3.34. The molecule has 0 spiro atoms. The van der Waals surface area contributed by atoms with Crippen LogP contribution in [0, 0.1) is 6.92 Å². The Labute approximate surface area is 216 Å². The molecular weight excluding hydrogens is 476 g/mol. The van der Waals surface area contributed by atoms with Crippen molar-refractivity contribution in [3.05, 3.63) is 106 Å². The van der Waals surface area contributed by atoms with Crippen LogP contribution in [0.15, 0.2) is 78.4 Å². The third-order valence-electron chi connectivity index (χ3n) is 6.11. The first-order chi connectivity index (χ1) is 17.2. The van der Waals surface area contributed by atoms with Crippen LogP contribution in [0.2, 0.25) is 5.02 Å². The highest BCUT2D eigenvalue weighted by Gasteiger charge is 2.45. The Morgan fingerprint density at radius 2 is 1.75 bits per heavy atom. The molecule has 1 aliphatic rings. The van der Waals surface area contributed by atoms with Gasteiger partial charge in [-0.2, -0.15) is 0 Å². The molecule has 1 unspecified atom stereocenters. The van der Waals surface area contributed by atoms with Gasteiger partial charge in [-0.15, -0.1) is 0 Å². The number of hydrogen-bond acceptors (Lipinski definition) is 5. The molecule has 1 amide bonds. The van der Waals surface area contributed by atoms with E-state index in [0.29, 0.717) is 41.6 Å². The van der Waals surface area contributed by atoms with Gasteiger partial charge in [0, 0.05) is 23.7 Å². The summed E-state index contributed by atoms with van der Waals surface area (Å²) in [4.78, 5) is 29.5. The van der Waals surface area contributed by atoms with Crippen LogP contribution in [0.25, 0.3) is 5.76 Å². The summed E-state index contributed by atoms with van der Waals surface area (Å²) < 4.78 is 5.87. The summed E-state index contributed by atoms with van der Waals surface area (Å²) in [6, 6.07) is 21.2. The zero-order chi connectivity index (χ0) is 25.8. The number of carbonyl (C=O) groups excluding carboxylic acids is 2. The molecular formula is C29H29ClN2O4. The van der Waals surface area contributed by atoms with Crippen LogP contribution >= 0.6 is 11.6 Å². The molecule has 1 heterocycles.